The zero-order valence-electron chi connectivity index (χ0n) is 13.3. The van der Waals surface area contributed by atoms with Crippen LogP contribution >= 0.6 is 0 Å². The molecule has 7 heteroatoms. The molecule has 22 heavy (non-hydrogen) atoms. The van der Waals surface area contributed by atoms with Gasteiger partial charge in [-0.05, 0) is 13.0 Å². The first kappa shape index (κ1) is 16.2. The van der Waals surface area contributed by atoms with Crippen LogP contribution in [0.15, 0.2) is 26.1 Å². The van der Waals surface area contributed by atoms with Crippen LogP contribution in [0.4, 0.5) is 0 Å². The number of rotatable bonds is 7. The van der Waals surface area contributed by atoms with E-state index in [1.807, 2.05) is 11.9 Å². The third-order valence-electron chi connectivity index (χ3n) is 3.00. The second-order valence-corrected chi connectivity index (χ2v) is 5.65. The average molecular weight is 307 g/mol. The van der Waals surface area contributed by atoms with Gasteiger partial charge in [0.2, 0.25) is 17.1 Å². The lowest BCUT2D eigenvalue weighted by Gasteiger charge is -2.13. The number of aromatic nitrogens is 2. The van der Waals surface area contributed by atoms with Gasteiger partial charge in [-0.1, -0.05) is 19.0 Å². The van der Waals surface area contributed by atoms with E-state index in [-0.39, 0.29) is 11.2 Å². The second-order valence-electron chi connectivity index (χ2n) is 5.65. The van der Waals surface area contributed by atoms with Gasteiger partial charge >= 0.3 is 0 Å². The van der Waals surface area contributed by atoms with E-state index in [1.165, 1.54) is 19.4 Å². The summed E-state index contributed by atoms with van der Waals surface area (Å²) < 4.78 is 15.5. The highest BCUT2D eigenvalue weighted by molar-refractivity contribution is 5.17. The van der Waals surface area contributed by atoms with Crippen molar-refractivity contribution < 1.29 is 13.7 Å². The van der Waals surface area contributed by atoms with E-state index in [9.17, 15) is 4.79 Å². The largest absolute Gasteiger partial charge is 0.490 e. The van der Waals surface area contributed by atoms with E-state index in [0.29, 0.717) is 30.7 Å². The minimum absolute atomic E-state index is 0.196. The maximum absolute atomic E-state index is 11.7. The average Bonchev–Trinajstić information content (AvgIpc) is 2.85. The summed E-state index contributed by atoms with van der Waals surface area (Å²) >= 11 is 0. The van der Waals surface area contributed by atoms with Crippen LogP contribution < -0.4 is 10.2 Å². The zero-order valence-corrected chi connectivity index (χ0v) is 13.3. The highest BCUT2D eigenvalue weighted by Gasteiger charge is 2.12. The Kier molecular flexibility index (Phi) is 5.32. The van der Waals surface area contributed by atoms with Crippen molar-refractivity contribution in [3.63, 3.8) is 0 Å². The van der Waals surface area contributed by atoms with E-state index < -0.39 is 0 Å². The van der Waals surface area contributed by atoms with E-state index >= 15 is 0 Å². The molecule has 0 saturated carbocycles. The van der Waals surface area contributed by atoms with Crippen molar-refractivity contribution in [1.82, 2.24) is 15.0 Å². The molecule has 0 amide bonds. The topological polar surface area (TPSA) is 81.6 Å². The first-order valence-electron chi connectivity index (χ1n) is 7.13. The fraction of sp³-hybridized carbons (Fsp3) is 0.533. The minimum atomic E-state index is -0.200. The maximum atomic E-state index is 11.7. The number of nitrogens with zero attached hydrogens (tertiary/aromatic N) is 3. The molecule has 0 bridgehead atoms. The number of ether oxygens (including phenoxy) is 1. The van der Waals surface area contributed by atoms with Crippen LogP contribution in [0.25, 0.3) is 0 Å². The lowest BCUT2D eigenvalue weighted by atomic mass is 10.1. The molecule has 2 aromatic rings. The summed E-state index contributed by atoms with van der Waals surface area (Å²) in [6, 6.07) is 1.42. The molecule has 2 heterocycles. The molecular formula is C15H21N3O4. The molecule has 0 fully saturated rings. The summed E-state index contributed by atoms with van der Waals surface area (Å²) in [5, 5.41) is 3.95. The Bertz CT molecular complexity index is 663. The Balaban J connectivity index is 1.95. The minimum Gasteiger partial charge on any atom is -0.490 e. The molecule has 2 aromatic heterocycles. The van der Waals surface area contributed by atoms with E-state index in [0.717, 1.165) is 12.2 Å². The standard InChI is InChI=1S/C15H21N3O4/c1-10(2)5-14-16-15(22-17-14)8-18(3)7-11-6-12(19)13(20-4)9-21-11/h6,9-10H,5,7-8H2,1-4H3. The number of hydrogen-bond donors (Lipinski definition) is 0. The molecule has 0 unspecified atom stereocenters. The van der Waals surface area contributed by atoms with Gasteiger partial charge in [0.05, 0.1) is 20.2 Å². The lowest BCUT2D eigenvalue weighted by molar-refractivity contribution is 0.240. The van der Waals surface area contributed by atoms with Gasteiger partial charge < -0.3 is 13.7 Å². The van der Waals surface area contributed by atoms with Crippen LogP contribution in [0.1, 0.15) is 31.3 Å². The van der Waals surface area contributed by atoms with Crippen molar-refractivity contribution in [3.05, 3.63) is 40.0 Å². The molecule has 0 aliphatic rings. The molecule has 0 atom stereocenters. The smallest absolute Gasteiger partial charge is 0.240 e. The van der Waals surface area contributed by atoms with E-state index in [1.54, 1.807) is 0 Å². The molecular weight excluding hydrogens is 286 g/mol. The summed E-state index contributed by atoms with van der Waals surface area (Å²) in [6.07, 6.45) is 2.11. The van der Waals surface area contributed by atoms with Crippen LogP contribution in [0.2, 0.25) is 0 Å². The van der Waals surface area contributed by atoms with Crippen LogP contribution in [0.5, 0.6) is 5.75 Å². The first-order valence-corrected chi connectivity index (χ1v) is 7.13. The Hall–Kier alpha value is -2.15. The molecule has 0 aliphatic carbocycles. The van der Waals surface area contributed by atoms with Crippen molar-refractivity contribution in [2.45, 2.75) is 33.4 Å². The van der Waals surface area contributed by atoms with Crippen LogP contribution in [0.3, 0.4) is 0 Å². The van der Waals surface area contributed by atoms with Crippen molar-refractivity contribution in [2.24, 2.45) is 5.92 Å². The van der Waals surface area contributed by atoms with Gasteiger partial charge in [0.25, 0.3) is 0 Å². The summed E-state index contributed by atoms with van der Waals surface area (Å²) in [5.41, 5.74) is -0.200. The summed E-state index contributed by atoms with van der Waals surface area (Å²) in [6.45, 7) is 5.16. The fourth-order valence-electron chi connectivity index (χ4n) is 2.03. The summed E-state index contributed by atoms with van der Waals surface area (Å²) in [5.74, 6) is 2.50. The molecule has 0 aromatic carbocycles. The fourth-order valence-corrected chi connectivity index (χ4v) is 2.03. The lowest BCUT2D eigenvalue weighted by Crippen LogP contribution is -2.18. The Morgan fingerprint density at radius 1 is 1.36 bits per heavy atom. The summed E-state index contributed by atoms with van der Waals surface area (Å²) in [7, 11) is 3.32. The SMILES string of the molecule is COc1coc(CN(C)Cc2nc(CC(C)C)no2)cc1=O. The van der Waals surface area contributed by atoms with Crippen molar-refractivity contribution in [2.75, 3.05) is 14.2 Å². The van der Waals surface area contributed by atoms with Crippen LogP contribution in [-0.4, -0.2) is 29.2 Å². The van der Waals surface area contributed by atoms with Crippen LogP contribution in [-0.2, 0) is 19.5 Å². The van der Waals surface area contributed by atoms with Gasteiger partial charge in [-0.2, -0.15) is 4.98 Å². The third-order valence-corrected chi connectivity index (χ3v) is 3.00. The van der Waals surface area contributed by atoms with Gasteiger partial charge in [-0.3, -0.25) is 9.69 Å². The monoisotopic (exact) mass is 307 g/mol. The van der Waals surface area contributed by atoms with Crippen molar-refractivity contribution in [3.8, 4) is 5.75 Å². The second kappa shape index (κ2) is 7.22. The van der Waals surface area contributed by atoms with Gasteiger partial charge in [0, 0.05) is 12.5 Å². The molecule has 0 saturated heterocycles. The molecule has 7 nitrogen and oxygen atoms in total. The number of methoxy groups -OCH3 is 1. The van der Waals surface area contributed by atoms with Gasteiger partial charge in [0.1, 0.15) is 12.0 Å². The Morgan fingerprint density at radius 3 is 2.77 bits per heavy atom. The number of hydrogen-bond acceptors (Lipinski definition) is 7. The van der Waals surface area contributed by atoms with Crippen molar-refractivity contribution in [1.29, 1.82) is 0 Å². The third kappa shape index (κ3) is 4.42. The van der Waals surface area contributed by atoms with Crippen LogP contribution in [0, 0.1) is 5.92 Å². The molecule has 0 spiro atoms. The van der Waals surface area contributed by atoms with Gasteiger partial charge in [0.15, 0.2) is 5.82 Å². The maximum Gasteiger partial charge on any atom is 0.240 e. The molecule has 2 rings (SSSR count). The summed E-state index contributed by atoms with van der Waals surface area (Å²) in [4.78, 5) is 17.9. The Morgan fingerprint density at radius 2 is 2.14 bits per heavy atom. The highest BCUT2D eigenvalue weighted by atomic mass is 16.5. The quantitative estimate of drug-likeness (QED) is 0.772. The Labute approximate surface area is 128 Å². The molecule has 0 aliphatic heterocycles. The van der Waals surface area contributed by atoms with E-state index in [2.05, 4.69) is 24.0 Å². The molecule has 0 radical (unpaired) electrons. The molecule has 0 N–H and O–H groups in total. The van der Waals surface area contributed by atoms with Crippen molar-refractivity contribution >= 4 is 0 Å². The van der Waals surface area contributed by atoms with E-state index in [4.69, 9.17) is 13.7 Å². The predicted molar refractivity (Wildman–Crippen MR) is 79.5 cm³/mol. The first-order chi connectivity index (χ1) is 10.5. The van der Waals surface area contributed by atoms with Gasteiger partial charge in [-0.25, -0.2) is 0 Å². The predicted octanol–water partition coefficient (Wildman–Crippen LogP) is 1.86. The highest BCUT2D eigenvalue weighted by Crippen LogP contribution is 2.10. The normalized spacial score (nSPS) is 11.4. The van der Waals surface area contributed by atoms with Gasteiger partial charge in [-0.15, -0.1) is 0 Å². The zero-order chi connectivity index (χ0) is 16.1. The molecule has 120 valence electrons.